The SMILES string of the molecule is c1coc(C[NH+]2CNC(Nc3nc4ccccc4s3)=[NH+]C2)c1. The van der Waals surface area contributed by atoms with Crippen LogP contribution in [0.1, 0.15) is 5.76 Å². The number of nitrogens with one attached hydrogen (secondary N) is 4. The molecular formula is C15H17N5OS+2. The summed E-state index contributed by atoms with van der Waals surface area (Å²) >= 11 is 1.65. The Hall–Kier alpha value is -2.38. The summed E-state index contributed by atoms with van der Waals surface area (Å²) in [4.78, 5) is 9.29. The van der Waals surface area contributed by atoms with Gasteiger partial charge in [-0.2, -0.15) is 0 Å². The molecule has 0 amide bonds. The lowest BCUT2D eigenvalue weighted by atomic mass is 10.3. The molecule has 0 aliphatic carbocycles. The van der Waals surface area contributed by atoms with Crippen LogP contribution in [0.15, 0.2) is 47.1 Å². The number of hydrogen-bond donors (Lipinski definition) is 4. The van der Waals surface area contributed by atoms with Crippen LogP contribution in [0.25, 0.3) is 10.2 Å². The van der Waals surface area contributed by atoms with Gasteiger partial charge >= 0.3 is 5.96 Å². The molecule has 1 aliphatic rings. The van der Waals surface area contributed by atoms with Crippen LogP contribution in [-0.4, -0.2) is 24.3 Å². The second-order valence-electron chi connectivity index (χ2n) is 5.20. The Labute approximate surface area is 131 Å². The summed E-state index contributed by atoms with van der Waals surface area (Å²) < 4.78 is 6.57. The van der Waals surface area contributed by atoms with Gasteiger partial charge in [-0.05, 0) is 24.3 Å². The molecule has 0 bridgehead atoms. The van der Waals surface area contributed by atoms with Crippen LogP contribution in [0.2, 0.25) is 0 Å². The molecular weight excluding hydrogens is 298 g/mol. The lowest BCUT2D eigenvalue weighted by Gasteiger charge is -2.19. The molecule has 22 heavy (non-hydrogen) atoms. The summed E-state index contributed by atoms with van der Waals surface area (Å²) in [5.74, 6) is 1.91. The molecule has 7 heteroatoms. The minimum Gasteiger partial charge on any atom is -0.463 e. The average molecular weight is 315 g/mol. The largest absolute Gasteiger partial charge is 0.463 e. The van der Waals surface area contributed by atoms with Gasteiger partial charge in [0, 0.05) is 0 Å². The van der Waals surface area contributed by atoms with E-state index < -0.39 is 0 Å². The van der Waals surface area contributed by atoms with Crippen molar-refractivity contribution in [3.63, 3.8) is 0 Å². The first kappa shape index (κ1) is 13.3. The fraction of sp³-hybridized carbons (Fsp3) is 0.200. The van der Waals surface area contributed by atoms with Gasteiger partial charge in [-0.25, -0.2) is 20.6 Å². The van der Waals surface area contributed by atoms with E-state index in [4.69, 9.17) is 4.42 Å². The van der Waals surface area contributed by atoms with Crippen LogP contribution in [0.5, 0.6) is 0 Å². The van der Waals surface area contributed by atoms with E-state index in [-0.39, 0.29) is 0 Å². The van der Waals surface area contributed by atoms with Gasteiger partial charge in [0.15, 0.2) is 19.1 Å². The number of para-hydroxylation sites is 1. The maximum absolute atomic E-state index is 5.39. The second-order valence-corrected chi connectivity index (χ2v) is 6.23. The van der Waals surface area contributed by atoms with Crippen molar-refractivity contribution in [3.05, 3.63) is 48.4 Å². The summed E-state index contributed by atoms with van der Waals surface area (Å²) in [6.45, 7) is 2.53. The molecule has 3 heterocycles. The standard InChI is InChI=1S/C15H15N5OS/c1-2-6-13-12(5-1)18-15(22-13)19-14-16-9-20(10-17-14)8-11-4-3-7-21-11/h1-7H,8-10H2,(H2,16,17,18,19)/p+2. The molecule has 0 saturated carbocycles. The minimum atomic E-state index is 0.834. The number of benzene rings is 1. The van der Waals surface area contributed by atoms with Gasteiger partial charge in [0.25, 0.3) is 5.13 Å². The number of thiazole rings is 1. The van der Waals surface area contributed by atoms with Crippen molar-refractivity contribution in [1.29, 1.82) is 0 Å². The van der Waals surface area contributed by atoms with Crippen molar-refractivity contribution in [2.24, 2.45) is 0 Å². The Morgan fingerprint density at radius 1 is 1.32 bits per heavy atom. The number of aromatic nitrogens is 1. The van der Waals surface area contributed by atoms with Gasteiger partial charge in [-0.3, -0.25) is 4.90 Å². The molecule has 4 N–H and O–H groups in total. The number of furan rings is 1. The molecule has 1 aliphatic heterocycles. The van der Waals surface area contributed by atoms with E-state index in [9.17, 15) is 0 Å². The summed E-state index contributed by atoms with van der Waals surface area (Å²) in [6, 6.07) is 12.1. The average Bonchev–Trinajstić information content (AvgIpc) is 3.18. The quantitative estimate of drug-likeness (QED) is 0.518. The predicted octanol–water partition coefficient (Wildman–Crippen LogP) is -0.659. The number of anilines is 1. The van der Waals surface area contributed by atoms with E-state index in [0.29, 0.717) is 0 Å². The van der Waals surface area contributed by atoms with Gasteiger partial charge in [-0.1, -0.05) is 23.5 Å². The zero-order valence-electron chi connectivity index (χ0n) is 11.9. The van der Waals surface area contributed by atoms with Crippen LogP contribution in [0, 0.1) is 0 Å². The third-order valence-electron chi connectivity index (χ3n) is 3.56. The van der Waals surface area contributed by atoms with E-state index in [0.717, 1.165) is 42.3 Å². The highest BCUT2D eigenvalue weighted by molar-refractivity contribution is 7.22. The third-order valence-corrected chi connectivity index (χ3v) is 4.51. The normalized spacial score (nSPS) is 18.0. The van der Waals surface area contributed by atoms with Gasteiger partial charge in [0.1, 0.15) is 6.54 Å². The van der Waals surface area contributed by atoms with Crippen molar-refractivity contribution >= 4 is 32.6 Å². The van der Waals surface area contributed by atoms with Crippen molar-refractivity contribution < 1.29 is 14.3 Å². The summed E-state index contributed by atoms with van der Waals surface area (Å²) in [6.07, 6.45) is 1.71. The Balaban J connectivity index is 1.40. The zero-order chi connectivity index (χ0) is 14.8. The first-order valence-electron chi connectivity index (χ1n) is 7.20. The summed E-state index contributed by atoms with van der Waals surface area (Å²) in [5.41, 5.74) is 1.02. The highest BCUT2D eigenvalue weighted by Crippen LogP contribution is 2.24. The van der Waals surface area contributed by atoms with Gasteiger partial charge < -0.3 is 4.42 Å². The molecule has 112 valence electrons. The summed E-state index contributed by atoms with van der Waals surface area (Å²) in [7, 11) is 0. The Morgan fingerprint density at radius 2 is 2.27 bits per heavy atom. The fourth-order valence-corrected chi connectivity index (χ4v) is 3.33. The van der Waals surface area contributed by atoms with E-state index in [1.807, 2.05) is 30.3 Å². The van der Waals surface area contributed by atoms with E-state index >= 15 is 0 Å². The molecule has 2 aromatic heterocycles. The van der Waals surface area contributed by atoms with Crippen LogP contribution in [0.4, 0.5) is 5.13 Å². The van der Waals surface area contributed by atoms with Gasteiger partial charge in [0.05, 0.1) is 16.5 Å². The number of quaternary nitrogens is 1. The molecule has 1 aromatic carbocycles. The van der Waals surface area contributed by atoms with Crippen LogP contribution in [-0.2, 0) is 6.54 Å². The highest BCUT2D eigenvalue weighted by atomic mass is 32.1. The number of guanidine groups is 1. The lowest BCUT2D eigenvalue weighted by molar-refractivity contribution is -0.992. The van der Waals surface area contributed by atoms with Crippen molar-refractivity contribution in [2.45, 2.75) is 6.54 Å². The third kappa shape index (κ3) is 2.81. The smallest absolute Gasteiger partial charge is 0.359 e. The molecule has 0 spiro atoms. The molecule has 6 nitrogen and oxygen atoms in total. The number of rotatable bonds is 3. The lowest BCUT2D eigenvalue weighted by Crippen LogP contribution is -3.23. The van der Waals surface area contributed by atoms with E-state index in [1.54, 1.807) is 17.6 Å². The fourth-order valence-electron chi connectivity index (χ4n) is 2.46. The second kappa shape index (κ2) is 5.78. The summed E-state index contributed by atoms with van der Waals surface area (Å²) in [5, 5.41) is 7.57. The van der Waals surface area contributed by atoms with Crippen LogP contribution in [0.3, 0.4) is 0 Å². The Morgan fingerprint density at radius 3 is 3.05 bits per heavy atom. The minimum absolute atomic E-state index is 0.834. The van der Waals surface area contributed by atoms with Crippen molar-refractivity contribution in [2.75, 3.05) is 18.7 Å². The Bertz CT molecular complexity index is 762. The highest BCUT2D eigenvalue weighted by Gasteiger charge is 2.21. The van der Waals surface area contributed by atoms with Crippen molar-refractivity contribution in [3.8, 4) is 0 Å². The molecule has 4 rings (SSSR count). The van der Waals surface area contributed by atoms with Gasteiger partial charge in [-0.15, -0.1) is 0 Å². The van der Waals surface area contributed by atoms with E-state index in [1.165, 1.54) is 9.60 Å². The van der Waals surface area contributed by atoms with Gasteiger partial charge in [0.2, 0.25) is 0 Å². The monoisotopic (exact) mass is 315 g/mol. The number of nitrogens with zero attached hydrogens (tertiary/aromatic N) is 1. The molecule has 0 radical (unpaired) electrons. The molecule has 1 unspecified atom stereocenters. The Kier molecular flexibility index (Phi) is 3.49. The topological polar surface area (TPSA) is 68.5 Å². The van der Waals surface area contributed by atoms with Crippen LogP contribution >= 0.6 is 11.3 Å². The maximum Gasteiger partial charge on any atom is 0.359 e. The molecule has 3 aromatic rings. The van der Waals surface area contributed by atoms with Crippen molar-refractivity contribution in [1.82, 2.24) is 10.3 Å². The van der Waals surface area contributed by atoms with Crippen LogP contribution < -0.4 is 20.5 Å². The zero-order valence-corrected chi connectivity index (χ0v) is 12.7. The predicted molar refractivity (Wildman–Crippen MR) is 85.5 cm³/mol. The molecule has 0 fully saturated rings. The maximum atomic E-state index is 5.39. The number of hydrogen-bond acceptors (Lipinski definition) is 5. The molecule has 1 atom stereocenters. The number of fused-ring (bicyclic) bond motifs is 1. The van der Waals surface area contributed by atoms with E-state index in [2.05, 4.69) is 26.7 Å². The first-order chi connectivity index (χ1) is 10.9. The first-order valence-corrected chi connectivity index (χ1v) is 8.02. The molecule has 0 saturated heterocycles.